The van der Waals surface area contributed by atoms with Crippen molar-refractivity contribution in [2.45, 2.75) is 6.92 Å². The maximum atomic E-state index is 9.31. The van der Waals surface area contributed by atoms with Gasteiger partial charge in [-0.1, -0.05) is 0 Å². The first-order valence-electron chi connectivity index (χ1n) is 4.81. The van der Waals surface area contributed by atoms with Crippen molar-refractivity contribution in [3.05, 3.63) is 23.9 Å². The Bertz CT molecular complexity index is 403. The van der Waals surface area contributed by atoms with E-state index in [2.05, 4.69) is 10.7 Å². The highest BCUT2D eigenvalue weighted by atomic mass is 16.5. The zero-order chi connectivity index (χ0) is 10.8. The molecule has 5 nitrogen and oxygen atoms in total. The van der Waals surface area contributed by atoms with Crippen molar-refractivity contribution in [1.29, 1.82) is 0 Å². The topological polar surface area (TPSA) is 73.5 Å². The van der Waals surface area contributed by atoms with Gasteiger partial charge in [-0.2, -0.15) is 5.17 Å². The summed E-state index contributed by atoms with van der Waals surface area (Å²) in [6.45, 7) is 2.82. The third-order valence-electron chi connectivity index (χ3n) is 2.26. The van der Waals surface area contributed by atoms with E-state index in [0.29, 0.717) is 5.69 Å². The number of benzene rings is 1. The summed E-state index contributed by atoms with van der Waals surface area (Å²) in [5, 5.41) is 13.4. The summed E-state index contributed by atoms with van der Waals surface area (Å²) in [5.74, 6) is 0. The molecule has 5 N–H and O–H groups in total. The lowest BCUT2D eigenvalue weighted by atomic mass is 10.1. The number of nitrogen functional groups attached to an aromatic ring is 1. The molecule has 1 heterocycles. The fraction of sp³-hybridized carbons (Fsp3) is 0.200. The predicted molar refractivity (Wildman–Crippen MR) is 61.3 cm³/mol. The molecule has 0 spiro atoms. The van der Waals surface area contributed by atoms with Crippen molar-refractivity contribution < 1.29 is 5.21 Å². The van der Waals surface area contributed by atoms with E-state index in [1.807, 2.05) is 19.1 Å². The second kappa shape index (κ2) is 3.70. The first-order chi connectivity index (χ1) is 7.22. The van der Waals surface area contributed by atoms with Gasteiger partial charge in [0.1, 0.15) is 0 Å². The zero-order valence-corrected chi connectivity index (χ0v) is 8.49. The normalized spacial score (nSPS) is 13.3. The number of nitrogens with two attached hydrogens (primary N) is 1. The van der Waals surface area contributed by atoms with Crippen LogP contribution in [0.15, 0.2) is 18.3 Å². The summed E-state index contributed by atoms with van der Waals surface area (Å²) in [6, 6.07) is 3.73. The number of hydroxylamine groups is 1. The van der Waals surface area contributed by atoms with Gasteiger partial charge in [-0.25, -0.2) is 0 Å². The van der Waals surface area contributed by atoms with Crippen LogP contribution in [0.25, 0.3) is 6.08 Å². The number of hydrogen-bond acceptors (Lipinski definition) is 5. The van der Waals surface area contributed by atoms with Crippen LogP contribution in [0.1, 0.15) is 12.5 Å². The molecule has 15 heavy (non-hydrogen) atoms. The summed E-state index contributed by atoms with van der Waals surface area (Å²) in [6.07, 6.45) is 3.27. The minimum Gasteiger partial charge on any atom is -0.398 e. The van der Waals surface area contributed by atoms with Crippen LogP contribution >= 0.6 is 0 Å². The van der Waals surface area contributed by atoms with Crippen LogP contribution in [0, 0.1) is 0 Å². The van der Waals surface area contributed by atoms with Crippen LogP contribution in [0.5, 0.6) is 0 Å². The molecule has 1 aliphatic rings. The van der Waals surface area contributed by atoms with Crippen molar-refractivity contribution in [1.82, 2.24) is 5.17 Å². The lowest BCUT2D eigenvalue weighted by molar-refractivity contribution is -0.0140. The summed E-state index contributed by atoms with van der Waals surface area (Å²) in [7, 11) is 0. The van der Waals surface area contributed by atoms with Gasteiger partial charge in [0.2, 0.25) is 0 Å². The zero-order valence-electron chi connectivity index (χ0n) is 8.49. The molecule has 1 aromatic rings. The van der Waals surface area contributed by atoms with Gasteiger partial charge in [0.15, 0.2) is 0 Å². The summed E-state index contributed by atoms with van der Waals surface area (Å²) in [4.78, 5) is 0. The van der Waals surface area contributed by atoms with E-state index in [9.17, 15) is 5.21 Å². The Kier molecular flexibility index (Phi) is 2.39. The van der Waals surface area contributed by atoms with Gasteiger partial charge in [-0.05, 0) is 25.1 Å². The molecule has 0 radical (unpaired) electrons. The summed E-state index contributed by atoms with van der Waals surface area (Å²) < 4.78 is 0. The lowest BCUT2D eigenvalue weighted by Gasteiger charge is -2.24. The molecule has 0 unspecified atom stereocenters. The van der Waals surface area contributed by atoms with Crippen LogP contribution in [0.3, 0.4) is 0 Å². The molecule has 2 rings (SSSR count). The Labute approximate surface area is 88.1 Å². The Hall–Kier alpha value is -1.88. The molecule has 1 aromatic carbocycles. The number of nitrogens with one attached hydrogen (secondary N) is 2. The number of fused-ring (bicyclic) bond motifs is 1. The van der Waals surface area contributed by atoms with Crippen molar-refractivity contribution in [3.63, 3.8) is 0 Å². The summed E-state index contributed by atoms with van der Waals surface area (Å²) in [5.41, 5.74) is 11.9. The molecule has 0 atom stereocenters. The molecule has 0 saturated carbocycles. The van der Waals surface area contributed by atoms with E-state index in [-0.39, 0.29) is 0 Å². The number of hydrazine groups is 1. The van der Waals surface area contributed by atoms with Crippen molar-refractivity contribution in [3.8, 4) is 0 Å². The van der Waals surface area contributed by atoms with Crippen molar-refractivity contribution in [2.75, 3.05) is 23.0 Å². The molecule has 0 fully saturated rings. The fourth-order valence-electron chi connectivity index (χ4n) is 1.57. The van der Waals surface area contributed by atoms with E-state index < -0.39 is 0 Å². The average molecular weight is 206 g/mol. The van der Waals surface area contributed by atoms with E-state index in [1.54, 1.807) is 6.08 Å². The van der Waals surface area contributed by atoms with Gasteiger partial charge in [0.25, 0.3) is 0 Å². The maximum Gasteiger partial charge on any atom is 0.0890 e. The molecule has 0 aliphatic carbocycles. The van der Waals surface area contributed by atoms with Crippen molar-refractivity contribution in [2.24, 2.45) is 0 Å². The van der Waals surface area contributed by atoms with Gasteiger partial charge >= 0.3 is 0 Å². The molecule has 0 aromatic heterocycles. The predicted octanol–water partition coefficient (Wildman–Crippen LogP) is 1.70. The Morgan fingerprint density at radius 1 is 1.53 bits per heavy atom. The largest absolute Gasteiger partial charge is 0.398 e. The average Bonchev–Trinajstić information content (AvgIpc) is 2.22. The van der Waals surface area contributed by atoms with Gasteiger partial charge in [-0.15, -0.1) is 0 Å². The molecule has 80 valence electrons. The fourth-order valence-corrected chi connectivity index (χ4v) is 1.57. The quantitative estimate of drug-likeness (QED) is 0.554. The van der Waals surface area contributed by atoms with Crippen LogP contribution < -0.4 is 16.5 Å². The van der Waals surface area contributed by atoms with Crippen LogP contribution in [-0.2, 0) is 0 Å². The van der Waals surface area contributed by atoms with Gasteiger partial charge in [-0.3, -0.25) is 10.6 Å². The molecular formula is C10H14N4O. The first kappa shape index (κ1) is 9.67. The van der Waals surface area contributed by atoms with Crippen LogP contribution in [0.4, 0.5) is 17.1 Å². The highest BCUT2D eigenvalue weighted by Crippen LogP contribution is 2.34. The Balaban J connectivity index is 2.49. The maximum absolute atomic E-state index is 9.31. The molecular weight excluding hydrogens is 192 g/mol. The van der Waals surface area contributed by atoms with Crippen LogP contribution in [-0.4, -0.2) is 16.9 Å². The molecule has 5 heteroatoms. The second-order valence-corrected chi connectivity index (χ2v) is 3.29. The number of nitrogens with zero attached hydrogens (tertiary/aromatic N) is 1. The third-order valence-corrected chi connectivity index (χ3v) is 2.26. The highest BCUT2D eigenvalue weighted by Gasteiger charge is 2.14. The molecule has 0 saturated heterocycles. The SMILES string of the molecule is CCNc1ccc(N)c2c1NN(O)C=C2. The first-order valence-corrected chi connectivity index (χ1v) is 4.81. The van der Waals surface area contributed by atoms with E-state index in [0.717, 1.165) is 28.7 Å². The van der Waals surface area contributed by atoms with Gasteiger partial charge in [0, 0.05) is 17.8 Å². The van der Waals surface area contributed by atoms with Gasteiger partial charge in [0.05, 0.1) is 17.6 Å². The van der Waals surface area contributed by atoms with Gasteiger partial charge < -0.3 is 11.1 Å². The highest BCUT2D eigenvalue weighted by molar-refractivity contribution is 5.87. The van der Waals surface area contributed by atoms with E-state index >= 15 is 0 Å². The lowest BCUT2D eigenvalue weighted by Crippen LogP contribution is -2.24. The molecule has 0 bridgehead atoms. The van der Waals surface area contributed by atoms with Crippen molar-refractivity contribution >= 4 is 23.1 Å². The Morgan fingerprint density at radius 2 is 2.33 bits per heavy atom. The van der Waals surface area contributed by atoms with E-state index in [1.165, 1.54) is 6.20 Å². The monoisotopic (exact) mass is 206 g/mol. The van der Waals surface area contributed by atoms with Crippen LogP contribution in [0.2, 0.25) is 0 Å². The second-order valence-electron chi connectivity index (χ2n) is 3.29. The molecule has 0 amide bonds. The standard InChI is InChI=1S/C10H14N4O/c1-2-12-9-4-3-8(11)7-5-6-14(15)13-10(7)9/h3-6,12-13,15H,2,11H2,1H3. The van der Waals surface area contributed by atoms with E-state index in [4.69, 9.17) is 5.73 Å². The minimum atomic E-state index is 0.684. The molecule has 1 aliphatic heterocycles. The number of rotatable bonds is 2. The third kappa shape index (κ3) is 1.69. The number of anilines is 3. The summed E-state index contributed by atoms with van der Waals surface area (Å²) >= 11 is 0. The Morgan fingerprint density at radius 3 is 3.07 bits per heavy atom. The number of hydrogen-bond donors (Lipinski definition) is 4. The minimum absolute atomic E-state index is 0.684. The smallest absolute Gasteiger partial charge is 0.0890 e.